The van der Waals surface area contributed by atoms with Crippen molar-refractivity contribution in [3.8, 4) is 0 Å². The van der Waals surface area contributed by atoms with Gasteiger partial charge in [0.1, 0.15) is 0 Å². The van der Waals surface area contributed by atoms with Crippen LogP contribution in [0, 0.1) is 0 Å². The molecule has 0 aliphatic heterocycles. The summed E-state index contributed by atoms with van der Waals surface area (Å²) in [4.78, 5) is 2.07. The molecule has 0 saturated heterocycles. The Morgan fingerprint density at radius 1 is 1.19 bits per heavy atom. The summed E-state index contributed by atoms with van der Waals surface area (Å²) in [6.45, 7) is 4.35. The number of rotatable bonds is 4. The molecule has 2 aromatic carbocycles. The van der Waals surface area contributed by atoms with E-state index in [9.17, 15) is 0 Å². The molecule has 0 unspecified atom stereocenters. The van der Waals surface area contributed by atoms with Crippen LogP contribution in [0.5, 0.6) is 0 Å². The number of benzene rings is 2. The van der Waals surface area contributed by atoms with E-state index in [2.05, 4.69) is 59.2 Å². The molecule has 0 aliphatic carbocycles. The van der Waals surface area contributed by atoms with Gasteiger partial charge in [-0.3, -0.25) is 0 Å². The molecule has 0 bridgehead atoms. The number of hydrogen-bond acceptors (Lipinski definition) is 3. The van der Waals surface area contributed by atoms with E-state index in [4.69, 9.17) is 10.9 Å². The predicted molar refractivity (Wildman–Crippen MR) is 91.3 cm³/mol. The molecule has 0 spiro atoms. The van der Waals surface area contributed by atoms with Gasteiger partial charge in [-0.05, 0) is 41.8 Å². The summed E-state index contributed by atoms with van der Waals surface area (Å²) in [7, 11) is 0. The van der Waals surface area contributed by atoms with Crippen LogP contribution < -0.4 is 5.73 Å². The Morgan fingerprint density at radius 3 is 2.43 bits per heavy atom. The van der Waals surface area contributed by atoms with Gasteiger partial charge in [-0.25, -0.2) is 0 Å². The van der Waals surface area contributed by atoms with E-state index < -0.39 is 0 Å². The zero-order valence-electron chi connectivity index (χ0n) is 11.9. The van der Waals surface area contributed by atoms with E-state index >= 15 is 0 Å². The van der Waals surface area contributed by atoms with E-state index in [0.717, 1.165) is 14.3 Å². The first-order chi connectivity index (χ1) is 10.0. The summed E-state index contributed by atoms with van der Waals surface area (Å²) in [6, 6.07) is 14.2. The van der Waals surface area contributed by atoms with Crippen molar-refractivity contribution < 1.29 is 5.21 Å². The Morgan fingerprint density at radius 2 is 1.86 bits per heavy atom. The number of hydrogen-bond donors (Lipinski definition) is 2. The minimum absolute atomic E-state index is 0.109. The first-order valence-electron chi connectivity index (χ1n) is 6.56. The lowest BCUT2D eigenvalue weighted by molar-refractivity contribution is 0.318. The topological polar surface area (TPSA) is 58.6 Å². The monoisotopic (exact) mass is 364 g/mol. The molecule has 0 fully saturated rings. The van der Waals surface area contributed by atoms with Crippen LogP contribution in [0.4, 0.5) is 0 Å². The largest absolute Gasteiger partial charge is 0.409 e. The number of nitrogens with zero attached hydrogens (tertiary/aromatic N) is 1. The fraction of sp³-hybridized carbons (Fsp3) is 0.188. The lowest BCUT2D eigenvalue weighted by Crippen LogP contribution is -2.14. The van der Waals surface area contributed by atoms with Gasteiger partial charge in [0.15, 0.2) is 5.84 Å². The molecular weight excluding hydrogens is 348 g/mol. The Labute approximate surface area is 137 Å². The lowest BCUT2D eigenvalue weighted by Gasteiger charge is -2.10. The van der Waals surface area contributed by atoms with Gasteiger partial charge in [0.2, 0.25) is 0 Å². The van der Waals surface area contributed by atoms with Crippen LogP contribution in [0.3, 0.4) is 0 Å². The average molecular weight is 365 g/mol. The van der Waals surface area contributed by atoms with Crippen LogP contribution in [0.25, 0.3) is 0 Å². The van der Waals surface area contributed by atoms with Gasteiger partial charge in [-0.2, -0.15) is 0 Å². The van der Waals surface area contributed by atoms with E-state index in [0.29, 0.717) is 11.5 Å². The van der Waals surface area contributed by atoms with Crippen LogP contribution in [0.2, 0.25) is 0 Å². The third kappa shape index (κ3) is 4.02. The molecular formula is C16H17BrN2OS. The highest BCUT2D eigenvalue weighted by Crippen LogP contribution is 2.32. The third-order valence-electron chi connectivity index (χ3n) is 3.10. The fourth-order valence-corrected chi connectivity index (χ4v) is 3.19. The Bertz CT molecular complexity index is 654. The van der Waals surface area contributed by atoms with Gasteiger partial charge in [0, 0.05) is 19.8 Å². The van der Waals surface area contributed by atoms with Crippen molar-refractivity contribution in [2.24, 2.45) is 10.9 Å². The summed E-state index contributed by atoms with van der Waals surface area (Å²) in [6.07, 6.45) is 0. The predicted octanol–water partition coefficient (Wildman–Crippen LogP) is 4.82. The van der Waals surface area contributed by atoms with Gasteiger partial charge >= 0.3 is 0 Å². The SMILES string of the molecule is CC(C)c1ccc(Sc2ccc(Br)cc2/C(N)=N/O)cc1. The molecule has 110 valence electrons. The minimum Gasteiger partial charge on any atom is -0.409 e. The van der Waals surface area contributed by atoms with Crippen LogP contribution in [-0.4, -0.2) is 11.0 Å². The highest BCUT2D eigenvalue weighted by atomic mass is 79.9. The first-order valence-corrected chi connectivity index (χ1v) is 8.17. The molecule has 2 aromatic rings. The molecule has 0 radical (unpaired) electrons. The maximum atomic E-state index is 8.91. The summed E-state index contributed by atoms with van der Waals surface area (Å²) >= 11 is 5.00. The van der Waals surface area contributed by atoms with Crippen molar-refractivity contribution in [3.05, 3.63) is 58.1 Å². The van der Waals surface area contributed by atoms with E-state index in [1.165, 1.54) is 5.56 Å². The second-order valence-electron chi connectivity index (χ2n) is 4.95. The second-order valence-corrected chi connectivity index (χ2v) is 6.98. The van der Waals surface area contributed by atoms with Crippen LogP contribution in [-0.2, 0) is 0 Å². The van der Waals surface area contributed by atoms with Crippen molar-refractivity contribution in [1.82, 2.24) is 0 Å². The molecule has 0 saturated carbocycles. The van der Waals surface area contributed by atoms with Gasteiger partial charge in [0.25, 0.3) is 0 Å². The van der Waals surface area contributed by atoms with E-state index in [1.54, 1.807) is 11.8 Å². The zero-order valence-corrected chi connectivity index (χ0v) is 14.3. The molecule has 0 amide bonds. The average Bonchev–Trinajstić information content (AvgIpc) is 2.48. The highest BCUT2D eigenvalue weighted by molar-refractivity contribution is 9.10. The maximum absolute atomic E-state index is 8.91. The molecule has 21 heavy (non-hydrogen) atoms. The number of halogens is 1. The molecule has 2 rings (SSSR count). The minimum atomic E-state index is 0.109. The van der Waals surface area contributed by atoms with Crippen LogP contribution in [0.1, 0.15) is 30.9 Å². The summed E-state index contributed by atoms with van der Waals surface area (Å²) in [5, 5.41) is 12.0. The molecule has 3 N–H and O–H groups in total. The number of amidine groups is 1. The molecule has 3 nitrogen and oxygen atoms in total. The molecule has 0 atom stereocenters. The Kier molecular flexibility index (Phi) is 5.31. The highest BCUT2D eigenvalue weighted by Gasteiger charge is 2.10. The summed E-state index contributed by atoms with van der Waals surface area (Å²) in [5.41, 5.74) is 7.77. The van der Waals surface area contributed by atoms with Gasteiger partial charge in [-0.15, -0.1) is 0 Å². The smallest absolute Gasteiger partial charge is 0.171 e. The van der Waals surface area contributed by atoms with Gasteiger partial charge < -0.3 is 10.9 Å². The van der Waals surface area contributed by atoms with Crippen molar-refractivity contribution >= 4 is 33.5 Å². The maximum Gasteiger partial charge on any atom is 0.171 e. The first kappa shape index (κ1) is 15.9. The molecule has 0 aliphatic rings. The quantitative estimate of drug-likeness (QED) is 0.354. The van der Waals surface area contributed by atoms with Crippen LogP contribution in [0.15, 0.2) is 61.9 Å². The number of oxime groups is 1. The van der Waals surface area contributed by atoms with Gasteiger partial charge in [-0.1, -0.05) is 58.8 Å². The lowest BCUT2D eigenvalue weighted by atomic mass is 10.0. The summed E-state index contributed by atoms with van der Waals surface area (Å²) in [5.74, 6) is 0.627. The van der Waals surface area contributed by atoms with Crippen molar-refractivity contribution in [1.29, 1.82) is 0 Å². The fourth-order valence-electron chi connectivity index (χ4n) is 1.89. The molecule has 0 heterocycles. The number of nitrogens with two attached hydrogens (primary N) is 1. The normalized spacial score (nSPS) is 11.9. The third-order valence-corrected chi connectivity index (χ3v) is 4.68. The van der Waals surface area contributed by atoms with Crippen molar-refractivity contribution in [2.45, 2.75) is 29.6 Å². The zero-order chi connectivity index (χ0) is 15.4. The van der Waals surface area contributed by atoms with E-state index in [1.807, 2.05) is 18.2 Å². The standard InChI is InChI=1S/C16H17BrN2OS/c1-10(2)11-3-6-13(7-4-11)21-15-8-5-12(17)9-14(15)16(18)19-20/h3-10,20H,1-2H3,(H2,18,19). The van der Waals surface area contributed by atoms with Crippen molar-refractivity contribution in [3.63, 3.8) is 0 Å². The van der Waals surface area contributed by atoms with Crippen LogP contribution >= 0.6 is 27.7 Å². The Hall–Kier alpha value is -1.46. The molecule has 0 aromatic heterocycles. The Balaban J connectivity index is 2.31. The summed E-state index contributed by atoms with van der Waals surface area (Å²) < 4.78 is 0.892. The van der Waals surface area contributed by atoms with Crippen molar-refractivity contribution in [2.75, 3.05) is 0 Å². The van der Waals surface area contributed by atoms with E-state index in [-0.39, 0.29) is 5.84 Å². The molecule has 5 heteroatoms. The second kappa shape index (κ2) is 7.00. The van der Waals surface area contributed by atoms with Gasteiger partial charge in [0.05, 0.1) is 0 Å².